The van der Waals surface area contributed by atoms with Gasteiger partial charge in [-0.2, -0.15) is 0 Å². The molecule has 0 aliphatic rings. The summed E-state index contributed by atoms with van der Waals surface area (Å²) < 4.78 is 0. The van der Waals surface area contributed by atoms with Crippen molar-refractivity contribution in [3.05, 3.63) is 0 Å². The molecular weight excluding hydrogens is 222 g/mol. The fraction of sp³-hybridized carbons (Fsp3) is 0.818. The third-order valence-electron chi connectivity index (χ3n) is 2.42. The van der Waals surface area contributed by atoms with Gasteiger partial charge >= 0.3 is 12.0 Å². The van der Waals surface area contributed by atoms with E-state index in [1.807, 2.05) is 19.0 Å². The van der Waals surface area contributed by atoms with Crippen LogP contribution in [0.25, 0.3) is 0 Å². The number of rotatable bonds is 7. The minimum absolute atomic E-state index is 0.0720. The van der Waals surface area contributed by atoms with Crippen LogP contribution in [-0.2, 0) is 4.79 Å². The van der Waals surface area contributed by atoms with Gasteiger partial charge in [-0.25, -0.2) is 4.79 Å². The van der Waals surface area contributed by atoms with Crippen LogP contribution in [0, 0.1) is 0 Å². The lowest BCUT2D eigenvalue weighted by Crippen LogP contribution is -2.42. The van der Waals surface area contributed by atoms with E-state index in [0.717, 1.165) is 6.54 Å². The largest absolute Gasteiger partial charge is 0.481 e. The van der Waals surface area contributed by atoms with E-state index >= 15 is 0 Å². The molecule has 0 atom stereocenters. The average Bonchev–Trinajstić information content (AvgIpc) is 2.24. The van der Waals surface area contributed by atoms with Crippen molar-refractivity contribution in [2.24, 2.45) is 0 Å². The zero-order chi connectivity index (χ0) is 13.4. The molecule has 100 valence electrons. The first-order valence-electron chi connectivity index (χ1n) is 5.67. The Morgan fingerprint density at radius 2 is 1.47 bits per heavy atom. The summed E-state index contributed by atoms with van der Waals surface area (Å²) in [4.78, 5) is 27.4. The number of aliphatic carboxylic acids is 1. The summed E-state index contributed by atoms with van der Waals surface area (Å²) in [6.07, 6.45) is 0.581. The number of urea groups is 1. The van der Waals surface area contributed by atoms with E-state index in [2.05, 4.69) is 0 Å². The number of likely N-dealkylation sites (N-methyl/N-ethyl adjacent to an activating group) is 2. The number of carboxylic acid groups (broad SMARTS) is 1. The van der Waals surface area contributed by atoms with Crippen LogP contribution in [0.3, 0.4) is 0 Å². The highest BCUT2D eigenvalue weighted by Gasteiger charge is 2.13. The summed E-state index contributed by atoms with van der Waals surface area (Å²) in [6, 6.07) is -0.0720. The zero-order valence-electron chi connectivity index (χ0n) is 11.1. The standard InChI is InChI=1S/C11H23N3O3/c1-12(2)8-9-14(4)11(17)13(3)7-5-6-10(15)16/h5-9H2,1-4H3,(H,15,16). The molecule has 1 N–H and O–H groups in total. The van der Waals surface area contributed by atoms with Crippen LogP contribution in [0.5, 0.6) is 0 Å². The normalized spacial score (nSPS) is 10.4. The van der Waals surface area contributed by atoms with Crippen LogP contribution >= 0.6 is 0 Å². The van der Waals surface area contributed by atoms with Crippen molar-refractivity contribution < 1.29 is 14.7 Å². The highest BCUT2D eigenvalue weighted by molar-refractivity contribution is 5.74. The van der Waals surface area contributed by atoms with Gasteiger partial charge in [-0.3, -0.25) is 4.79 Å². The monoisotopic (exact) mass is 245 g/mol. The minimum atomic E-state index is -0.827. The summed E-state index contributed by atoms with van der Waals surface area (Å²) in [5.74, 6) is -0.827. The lowest BCUT2D eigenvalue weighted by atomic mass is 10.3. The predicted octanol–water partition coefficient (Wildman–Crippen LogP) is 0.396. The Hall–Kier alpha value is -1.30. The molecule has 0 saturated heterocycles. The summed E-state index contributed by atoms with van der Waals surface area (Å²) in [5, 5.41) is 8.50. The fourth-order valence-corrected chi connectivity index (χ4v) is 1.30. The van der Waals surface area contributed by atoms with Gasteiger partial charge in [-0.15, -0.1) is 0 Å². The number of amides is 2. The van der Waals surface area contributed by atoms with Crippen molar-refractivity contribution in [3.8, 4) is 0 Å². The summed E-state index contributed by atoms with van der Waals surface area (Å²) in [7, 11) is 7.35. The van der Waals surface area contributed by atoms with Crippen molar-refractivity contribution >= 4 is 12.0 Å². The number of hydrogen-bond acceptors (Lipinski definition) is 3. The topological polar surface area (TPSA) is 64.1 Å². The molecule has 0 bridgehead atoms. The van der Waals surface area contributed by atoms with E-state index in [0.29, 0.717) is 19.5 Å². The highest BCUT2D eigenvalue weighted by Crippen LogP contribution is 1.98. The molecule has 2 amide bonds. The first-order valence-corrected chi connectivity index (χ1v) is 5.67. The van der Waals surface area contributed by atoms with E-state index < -0.39 is 5.97 Å². The zero-order valence-corrected chi connectivity index (χ0v) is 11.1. The molecule has 0 rings (SSSR count). The van der Waals surface area contributed by atoms with Gasteiger partial charge in [0.2, 0.25) is 0 Å². The fourth-order valence-electron chi connectivity index (χ4n) is 1.30. The molecule has 0 aliphatic carbocycles. The molecule has 0 spiro atoms. The van der Waals surface area contributed by atoms with E-state index in [4.69, 9.17) is 5.11 Å². The Morgan fingerprint density at radius 1 is 0.941 bits per heavy atom. The molecule has 0 aromatic rings. The van der Waals surface area contributed by atoms with Gasteiger partial charge in [0.15, 0.2) is 0 Å². The number of carboxylic acids is 1. The number of carbonyl (C=O) groups excluding carboxylic acids is 1. The van der Waals surface area contributed by atoms with E-state index in [-0.39, 0.29) is 12.5 Å². The average molecular weight is 245 g/mol. The van der Waals surface area contributed by atoms with E-state index in [1.165, 1.54) is 0 Å². The smallest absolute Gasteiger partial charge is 0.319 e. The van der Waals surface area contributed by atoms with Gasteiger partial charge in [0, 0.05) is 40.2 Å². The molecule has 6 heteroatoms. The molecule has 0 unspecified atom stereocenters. The van der Waals surface area contributed by atoms with Crippen molar-refractivity contribution in [1.29, 1.82) is 0 Å². The highest BCUT2D eigenvalue weighted by atomic mass is 16.4. The number of carbonyl (C=O) groups is 2. The van der Waals surface area contributed by atoms with Crippen LogP contribution in [0.1, 0.15) is 12.8 Å². The van der Waals surface area contributed by atoms with Crippen molar-refractivity contribution in [2.75, 3.05) is 47.8 Å². The predicted molar refractivity (Wildman–Crippen MR) is 66.1 cm³/mol. The van der Waals surface area contributed by atoms with Crippen molar-refractivity contribution in [2.45, 2.75) is 12.8 Å². The van der Waals surface area contributed by atoms with Gasteiger partial charge in [0.1, 0.15) is 0 Å². The van der Waals surface area contributed by atoms with Gasteiger partial charge in [0.25, 0.3) is 0 Å². The lowest BCUT2D eigenvalue weighted by Gasteiger charge is -2.25. The molecule has 0 saturated carbocycles. The van der Waals surface area contributed by atoms with E-state index in [1.54, 1.807) is 23.9 Å². The molecule has 6 nitrogen and oxygen atoms in total. The number of hydrogen-bond donors (Lipinski definition) is 1. The second-order valence-corrected chi connectivity index (χ2v) is 4.43. The molecular formula is C11H23N3O3. The third kappa shape index (κ3) is 7.57. The second-order valence-electron chi connectivity index (χ2n) is 4.43. The van der Waals surface area contributed by atoms with Crippen LogP contribution in [0.2, 0.25) is 0 Å². The Labute approximate surface area is 103 Å². The van der Waals surface area contributed by atoms with Crippen LogP contribution in [0.15, 0.2) is 0 Å². The molecule has 0 fully saturated rings. The van der Waals surface area contributed by atoms with Gasteiger partial charge in [-0.05, 0) is 20.5 Å². The SMILES string of the molecule is CN(C)CCN(C)C(=O)N(C)CCCC(=O)O. The maximum absolute atomic E-state index is 11.8. The van der Waals surface area contributed by atoms with Gasteiger partial charge < -0.3 is 19.8 Å². The number of nitrogens with zero attached hydrogens (tertiary/aromatic N) is 3. The minimum Gasteiger partial charge on any atom is -0.481 e. The first-order chi connectivity index (χ1) is 7.84. The molecule has 0 aromatic heterocycles. The van der Waals surface area contributed by atoms with Crippen LogP contribution in [-0.4, -0.2) is 79.6 Å². The maximum Gasteiger partial charge on any atom is 0.319 e. The molecule has 17 heavy (non-hydrogen) atoms. The quantitative estimate of drug-likeness (QED) is 0.705. The Kier molecular flexibility index (Phi) is 7.29. The van der Waals surface area contributed by atoms with Gasteiger partial charge in [-0.1, -0.05) is 0 Å². The lowest BCUT2D eigenvalue weighted by molar-refractivity contribution is -0.137. The maximum atomic E-state index is 11.8. The molecule has 0 aromatic carbocycles. The molecule has 0 radical (unpaired) electrons. The summed E-state index contributed by atoms with van der Waals surface area (Å²) in [5.41, 5.74) is 0. The van der Waals surface area contributed by atoms with Gasteiger partial charge in [0.05, 0.1) is 0 Å². The van der Waals surface area contributed by atoms with Crippen LogP contribution in [0.4, 0.5) is 4.79 Å². The van der Waals surface area contributed by atoms with Crippen LogP contribution < -0.4 is 0 Å². The Morgan fingerprint density at radius 3 is 1.94 bits per heavy atom. The summed E-state index contributed by atoms with van der Waals surface area (Å²) in [6.45, 7) is 1.94. The molecule has 0 heterocycles. The van der Waals surface area contributed by atoms with Crippen molar-refractivity contribution in [1.82, 2.24) is 14.7 Å². The Balaban J connectivity index is 3.90. The van der Waals surface area contributed by atoms with Crippen molar-refractivity contribution in [3.63, 3.8) is 0 Å². The summed E-state index contributed by atoms with van der Waals surface area (Å²) >= 11 is 0. The third-order valence-corrected chi connectivity index (χ3v) is 2.42. The Bertz CT molecular complexity index is 256. The second kappa shape index (κ2) is 7.89. The first kappa shape index (κ1) is 15.7. The molecule has 0 aliphatic heterocycles. The van der Waals surface area contributed by atoms with E-state index in [9.17, 15) is 9.59 Å².